The average Bonchev–Trinajstić information content (AvgIpc) is 2.21. The molecule has 3 heteroatoms. The third-order valence-electron chi connectivity index (χ3n) is 2.77. The minimum absolute atomic E-state index is 0.524. The van der Waals surface area contributed by atoms with E-state index in [1.807, 2.05) is 0 Å². The average molecular weight is 264 g/mol. The molecule has 0 radical (unpaired) electrons. The van der Waals surface area contributed by atoms with Crippen molar-refractivity contribution < 1.29 is 4.74 Å². The standard InChI is InChI=1S/C11H22BrNO/c1-3-14-11-4-6-13(7-5-11)9-10(2)8-12/h10-11H,3-9H2,1-2H3. The molecule has 1 saturated heterocycles. The second-order valence-electron chi connectivity index (χ2n) is 4.21. The Bertz CT molecular complexity index is 146. The fraction of sp³-hybridized carbons (Fsp3) is 1.00. The maximum atomic E-state index is 5.63. The van der Waals surface area contributed by atoms with E-state index in [0.717, 1.165) is 17.9 Å². The highest BCUT2D eigenvalue weighted by Gasteiger charge is 2.19. The molecule has 1 aliphatic heterocycles. The van der Waals surface area contributed by atoms with E-state index in [9.17, 15) is 0 Å². The number of rotatable bonds is 5. The van der Waals surface area contributed by atoms with Crippen molar-refractivity contribution in [1.29, 1.82) is 0 Å². The van der Waals surface area contributed by atoms with Gasteiger partial charge in [0.15, 0.2) is 0 Å². The van der Waals surface area contributed by atoms with Crippen molar-refractivity contribution in [2.24, 2.45) is 5.92 Å². The Morgan fingerprint density at radius 1 is 1.43 bits per heavy atom. The molecule has 0 spiro atoms. The number of piperidine rings is 1. The van der Waals surface area contributed by atoms with Crippen molar-refractivity contribution in [3.05, 3.63) is 0 Å². The maximum absolute atomic E-state index is 5.63. The van der Waals surface area contributed by atoms with Gasteiger partial charge in [-0.1, -0.05) is 22.9 Å². The minimum Gasteiger partial charge on any atom is -0.378 e. The van der Waals surface area contributed by atoms with Gasteiger partial charge < -0.3 is 9.64 Å². The number of alkyl halides is 1. The van der Waals surface area contributed by atoms with Gasteiger partial charge in [0.25, 0.3) is 0 Å². The van der Waals surface area contributed by atoms with Crippen LogP contribution in [0.2, 0.25) is 0 Å². The lowest BCUT2D eigenvalue weighted by molar-refractivity contribution is 0.0122. The molecule has 0 aromatic rings. The van der Waals surface area contributed by atoms with Gasteiger partial charge in [-0.05, 0) is 25.7 Å². The van der Waals surface area contributed by atoms with Crippen LogP contribution in [0.25, 0.3) is 0 Å². The van der Waals surface area contributed by atoms with Crippen molar-refractivity contribution >= 4 is 15.9 Å². The quantitative estimate of drug-likeness (QED) is 0.707. The van der Waals surface area contributed by atoms with Gasteiger partial charge in [0.05, 0.1) is 6.10 Å². The number of likely N-dealkylation sites (tertiary alicyclic amines) is 1. The van der Waals surface area contributed by atoms with Crippen molar-refractivity contribution in [2.45, 2.75) is 32.8 Å². The third-order valence-corrected chi connectivity index (χ3v) is 3.88. The Hall–Kier alpha value is 0.400. The number of hydrogen-bond donors (Lipinski definition) is 0. The largest absolute Gasteiger partial charge is 0.378 e. The summed E-state index contributed by atoms with van der Waals surface area (Å²) in [6.07, 6.45) is 2.95. The first-order valence-corrected chi connectivity index (χ1v) is 6.78. The predicted molar refractivity (Wildman–Crippen MR) is 64.0 cm³/mol. The van der Waals surface area contributed by atoms with Gasteiger partial charge in [-0.3, -0.25) is 0 Å². The van der Waals surface area contributed by atoms with Crippen molar-refractivity contribution in [1.82, 2.24) is 4.90 Å². The SMILES string of the molecule is CCOC1CCN(CC(C)CBr)CC1. The first-order valence-electron chi connectivity index (χ1n) is 5.66. The molecule has 1 aliphatic rings. The molecule has 1 unspecified atom stereocenters. The zero-order valence-electron chi connectivity index (χ0n) is 9.34. The molecule has 0 aromatic carbocycles. The van der Waals surface area contributed by atoms with Crippen LogP contribution in [0.1, 0.15) is 26.7 Å². The Morgan fingerprint density at radius 2 is 2.07 bits per heavy atom. The van der Waals surface area contributed by atoms with Crippen molar-refractivity contribution in [2.75, 3.05) is 31.6 Å². The molecule has 0 aromatic heterocycles. The van der Waals surface area contributed by atoms with Crippen molar-refractivity contribution in [3.63, 3.8) is 0 Å². The molecular formula is C11H22BrNO. The van der Waals surface area contributed by atoms with Gasteiger partial charge in [-0.25, -0.2) is 0 Å². The molecule has 2 nitrogen and oxygen atoms in total. The Morgan fingerprint density at radius 3 is 2.57 bits per heavy atom. The molecule has 14 heavy (non-hydrogen) atoms. The molecule has 0 aliphatic carbocycles. The van der Waals surface area contributed by atoms with E-state index in [1.54, 1.807) is 0 Å². The zero-order valence-corrected chi connectivity index (χ0v) is 10.9. The Labute approximate surface area is 96.1 Å². The number of ether oxygens (including phenoxy) is 1. The second-order valence-corrected chi connectivity index (χ2v) is 4.86. The number of hydrogen-bond acceptors (Lipinski definition) is 2. The summed E-state index contributed by atoms with van der Waals surface area (Å²) < 4.78 is 5.63. The van der Waals surface area contributed by atoms with Crippen LogP contribution in [0.15, 0.2) is 0 Å². The highest BCUT2D eigenvalue weighted by molar-refractivity contribution is 9.09. The third kappa shape index (κ3) is 4.28. The summed E-state index contributed by atoms with van der Waals surface area (Å²) in [4.78, 5) is 2.56. The first kappa shape index (κ1) is 12.5. The normalized spacial score (nSPS) is 22.5. The summed E-state index contributed by atoms with van der Waals surface area (Å²) >= 11 is 3.53. The lowest BCUT2D eigenvalue weighted by atomic mass is 10.1. The van der Waals surface area contributed by atoms with Gasteiger partial charge in [0, 0.05) is 31.6 Å². The number of nitrogens with zero attached hydrogens (tertiary/aromatic N) is 1. The summed E-state index contributed by atoms with van der Waals surface area (Å²) in [7, 11) is 0. The van der Waals surface area contributed by atoms with E-state index >= 15 is 0 Å². The van der Waals surface area contributed by atoms with Crippen LogP contribution < -0.4 is 0 Å². The van der Waals surface area contributed by atoms with E-state index < -0.39 is 0 Å². The van der Waals surface area contributed by atoms with Gasteiger partial charge >= 0.3 is 0 Å². The van der Waals surface area contributed by atoms with Crippen LogP contribution in [0.4, 0.5) is 0 Å². The van der Waals surface area contributed by atoms with Gasteiger partial charge in [-0.15, -0.1) is 0 Å². The molecule has 1 rings (SSSR count). The van der Waals surface area contributed by atoms with E-state index in [-0.39, 0.29) is 0 Å². The van der Waals surface area contributed by atoms with Gasteiger partial charge in [0.2, 0.25) is 0 Å². The lowest BCUT2D eigenvalue weighted by Crippen LogP contribution is -2.39. The first-order chi connectivity index (χ1) is 6.76. The molecule has 1 heterocycles. The summed E-state index contributed by atoms with van der Waals surface area (Å²) in [6, 6.07) is 0. The van der Waals surface area contributed by atoms with E-state index in [1.165, 1.54) is 32.5 Å². The Balaban J connectivity index is 2.15. The monoisotopic (exact) mass is 263 g/mol. The molecule has 0 bridgehead atoms. The minimum atomic E-state index is 0.524. The van der Waals surface area contributed by atoms with Gasteiger partial charge in [-0.2, -0.15) is 0 Å². The van der Waals surface area contributed by atoms with E-state index in [0.29, 0.717) is 6.10 Å². The van der Waals surface area contributed by atoms with Crippen LogP contribution in [0.3, 0.4) is 0 Å². The molecule has 0 saturated carbocycles. The summed E-state index contributed by atoms with van der Waals surface area (Å²) in [6.45, 7) is 8.89. The molecule has 0 N–H and O–H groups in total. The summed E-state index contributed by atoms with van der Waals surface area (Å²) in [5, 5.41) is 1.11. The maximum Gasteiger partial charge on any atom is 0.0599 e. The van der Waals surface area contributed by atoms with Gasteiger partial charge in [0.1, 0.15) is 0 Å². The number of halogens is 1. The second kappa shape index (κ2) is 6.81. The zero-order chi connectivity index (χ0) is 10.4. The van der Waals surface area contributed by atoms with Crippen molar-refractivity contribution in [3.8, 4) is 0 Å². The molecular weight excluding hydrogens is 242 g/mol. The molecule has 1 atom stereocenters. The predicted octanol–water partition coefficient (Wildman–Crippen LogP) is 2.52. The highest BCUT2D eigenvalue weighted by Crippen LogP contribution is 2.15. The summed E-state index contributed by atoms with van der Waals surface area (Å²) in [5.74, 6) is 0.763. The molecule has 0 amide bonds. The highest BCUT2D eigenvalue weighted by atomic mass is 79.9. The van der Waals surface area contributed by atoms with Crippen LogP contribution in [-0.4, -0.2) is 42.6 Å². The Kier molecular flexibility index (Phi) is 6.06. The smallest absolute Gasteiger partial charge is 0.0599 e. The van der Waals surface area contributed by atoms with E-state index in [2.05, 4.69) is 34.7 Å². The van der Waals surface area contributed by atoms with Crippen LogP contribution in [0, 0.1) is 5.92 Å². The van der Waals surface area contributed by atoms with Crippen LogP contribution >= 0.6 is 15.9 Å². The topological polar surface area (TPSA) is 12.5 Å². The molecule has 1 fully saturated rings. The lowest BCUT2D eigenvalue weighted by Gasteiger charge is -2.32. The van der Waals surface area contributed by atoms with Crippen LogP contribution in [-0.2, 0) is 4.74 Å². The summed E-state index contributed by atoms with van der Waals surface area (Å²) in [5.41, 5.74) is 0. The van der Waals surface area contributed by atoms with Crippen LogP contribution in [0.5, 0.6) is 0 Å². The van der Waals surface area contributed by atoms with E-state index in [4.69, 9.17) is 4.74 Å². The molecule has 84 valence electrons. The fourth-order valence-corrected chi connectivity index (χ4v) is 2.19. The fourth-order valence-electron chi connectivity index (χ4n) is 1.98.